The Kier molecular flexibility index (Phi) is 3.09. The standard InChI is InChI=1S/C16H21N3/c1-9-6-10(2)14-11(15(17)18)8-13(16(3,4)5)19-12(14)7-9/h6-8H,1-5H3,(H3,17,18). The topological polar surface area (TPSA) is 62.8 Å². The molecule has 0 atom stereocenters. The fraction of sp³-hybridized carbons (Fsp3) is 0.375. The summed E-state index contributed by atoms with van der Waals surface area (Å²) in [5, 5.41) is 8.81. The number of hydrogen-bond acceptors (Lipinski definition) is 2. The first-order valence-electron chi connectivity index (χ1n) is 6.47. The number of nitrogens with one attached hydrogen (secondary N) is 1. The van der Waals surface area contributed by atoms with E-state index in [0.717, 1.165) is 27.7 Å². The zero-order valence-electron chi connectivity index (χ0n) is 12.3. The Morgan fingerprint density at radius 2 is 1.79 bits per heavy atom. The van der Waals surface area contributed by atoms with Crippen LogP contribution in [0.2, 0.25) is 0 Å². The van der Waals surface area contributed by atoms with Crippen molar-refractivity contribution in [3.05, 3.63) is 40.6 Å². The van der Waals surface area contributed by atoms with Crippen molar-refractivity contribution in [3.8, 4) is 0 Å². The van der Waals surface area contributed by atoms with Gasteiger partial charge in [-0.3, -0.25) is 10.4 Å². The van der Waals surface area contributed by atoms with E-state index in [1.165, 1.54) is 5.56 Å². The molecule has 2 rings (SSSR count). The number of nitrogen functional groups attached to an aromatic ring is 1. The van der Waals surface area contributed by atoms with E-state index in [0.29, 0.717) is 0 Å². The third kappa shape index (κ3) is 2.46. The van der Waals surface area contributed by atoms with Crippen LogP contribution in [-0.4, -0.2) is 10.8 Å². The summed E-state index contributed by atoms with van der Waals surface area (Å²) in [6.45, 7) is 10.5. The van der Waals surface area contributed by atoms with Gasteiger partial charge in [0.25, 0.3) is 0 Å². The highest BCUT2D eigenvalue weighted by molar-refractivity contribution is 6.08. The third-order valence-electron chi connectivity index (χ3n) is 3.31. The quantitative estimate of drug-likeness (QED) is 0.605. The largest absolute Gasteiger partial charge is 0.384 e. The number of aromatic nitrogens is 1. The molecule has 3 heteroatoms. The number of pyridine rings is 1. The first kappa shape index (κ1) is 13.5. The van der Waals surface area contributed by atoms with Crippen molar-refractivity contribution in [2.24, 2.45) is 5.73 Å². The minimum atomic E-state index is -0.0595. The van der Waals surface area contributed by atoms with E-state index < -0.39 is 0 Å². The van der Waals surface area contributed by atoms with Gasteiger partial charge in [-0.15, -0.1) is 0 Å². The van der Waals surface area contributed by atoms with E-state index in [9.17, 15) is 0 Å². The zero-order valence-corrected chi connectivity index (χ0v) is 12.3. The predicted molar refractivity (Wildman–Crippen MR) is 80.9 cm³/mol. The number of aryl methyl sites for hydroxylation is 2. The highest BCUT2D eigenvalue weighted by Crippen LogP contribution is 2.28. The molecular formula is C16H21N3. The molecule has 0 unspecified atom stereocenters. The molecule has 0 saturated heterocycles. The van der Waals surface area contributed by atoms with Crippen LogP contribution in [0.1, 0.15) is 43.2 Å². The minimum Gasteiger partial charge on any atom is -0.384 e. The van der Waals surface area contributed by atoms with Gasteiger partial charge in [0.15, 0.2) is 0 Å². The Morgan fingerprint density at radius 1 is 1.16 bits per heavy atom. The molecule has 0 saturated carbocycles. The Morgan fingerprint density at radius 3 is 2.32 bits per heavy atom. The minimum absolute atomic E-state index is 0.0595. The van der Waals surface area contributed by atoms with E-state index in [-0.39, 0.29) is 11.3 Å². The van der Waals surface area contributed by atoms with Crippen molar-refractivity contribution in [1.29, 1.82) is 5.41 Å². The first-order valence-corrected chi connectivity index (χ1v) is 6.47. The lowest BCUT2D eigenvalue weighted by molar-refractivity contribution is 0.571. The normalized spacial score (nSPS) is 11.8. The van der Waals surface area contributed by atoms with Crippen LogP contribution < -0.4 is 5.73 Å². The van der Waals surface area contributed by atoms with Crippen LogP contribution in [-0.2, 0) is 5.41 Å². The van der Waals surface area contributed by atoms with Gasteiger partial charge in [0, 0.05) is 22.1 Å². The lowest BCUT2D eigenvalue weighted by Crippen LogP contribution is -2.18. The summed E-state index contributed by atoms with van der Waals surface area (Å²) in [6.07, 6.45) is 0. The molecule has 19 heavy (non-hydrogen) atoms. The second-order valence-corrected chi connectivity index (χ2v) is 6.19. The lowest BCUT2D eigenvalue weighted by Gasteiger charge is -2.20. The molecule has 0 spiro atoms. The average molecular weight is 255 g/mol. The van der Waals surface area contributed by atoms with Gasteiger partial charge < -0.3 is 5.73 Å². The molecule has 100 valence electrons. The van der Waals surface area contributed by atoms with E-state index in [4.69, 9.17) is 16.1 Å². The second kappa shape index (κ2) is 4.34. The van der Waals surface area contributed by atoms with Crippen molar-refractivity contribution in [1.82, 2.24) is 4.98 Å². The summed E-state index contributed by atoms with van der Waals surface area (Å²) in [5.41, 5.74) is 10.7. The third-order valence-corrected chi connectivity index (χ3v) is 3.31. The summed E-state index contributed by atoms with van der Waals surface area (Å²) in [5.74, 6) is 0.102. The molecule has 0 aliphatic carbocycles. The first-order chi connectivity index (χ1) is 8.70. The molecule has 0 radical (unpaired) electrons. The van der Waals surface area contributed by atoms with Crippen molar-refractivity contribution in [2.45, 2.75) is 40.0 Å². The number of fused-ring (bicyclic) bond motifs is 1. The summed E-state index contributed by atoms with van der Waals surface area (Å²) in [7, 11) is 0. The highest BCUT2D eigenvalue weighted by atomic mass is 14.7. The molecule has 0 aliphatic heterocycles. The molecule has 0 aliphatic rings. The molecule has 3 N–H and O–H groups in total. The monoisotopic (exact) mass is 255 g/mol. The smallest absolute Gasteiger partial charge is 0.123 e. The van der Waals surface area contributed by atoms with Gasteiger partial charge in [0.2, 0.25) is 0 Å². The second-order valence-electron chi connectivity index (χ2n) is 6.19. The van der Waals surface area contributed by atoms with Gasteiger partial charge >= 0.3 is 0 Å². The van der Waals surface area contributed by atoms with E-state index in [1.54, 1.807) is 0 Å². The maximum atomic E-state index is 7.82. The molecule has 3 nitrogen and oxygen atoms in total. The Balaban J connectivity index is 2.92. The molecule has 0 amide bonds. The van der Waals surface area contributed by atoms with E-state index in [1.807, 2.05) is 13.0 Å². The maximum Gasteiger partial charge on any atom is 0.123 e. The van der Waals surface area contributed by atoms with Gasteiger partial charge in [0.1, 0.15) is 5.84 Å². The summed E-state index contributed by atoms with van der Waals surface area (Å²) in [4.78, 5) is 4.76. The van der Waals surface area contributed by atoms with Crippen LogP contribution in [0.4, 0.5) is 0 Å². The average Bonchev–Trinajstić information content (AvgIpc) is 2.25. The number of amidine groups is 1. The van der Waals surface area contributed by atoms with Gasteiger partial charge in [-0.1, -0.05) is 26.8 Å². The Bertz CT molecular complexity index is 664. The van der Waals surface area contributed by atoms with Crippen LogP contribution in [0.15, 0.2) is 18.2 Å². The predicted octanol–water partition coefficient (Wildman–Crippen LogP) is 3.43. The molecule has 1 aromatic heterocycles. The highest BCUT2D eigenvalue weighted by Gasteiger charge is 2.19. The van der Waals surface area contributed by atoms with Crippen LogP contribution in [0.25, 0.3) is 10.9 Å². The SMILES string of the molecule is Cc1cc(C)c2c(C(=N)N)cc(C(C)(C)C)nc2c1. The Labute approximate surface area is 114 Å². The molecule has 0 fully saturated rings. The molecule has 2 aromatic rings. The van der Waals surface area contributed by atoms with Crippen LogP contribution in [0.5, 0.6) is 0 Å². The van der Waals surface area contributed by atoms with Gasteiger partial charge in [-0.05, 0) is 37.1 Å². The molecule has 1 aromatic carbocycles. The molecular weight excluding hydrogens is 234 g/mol. The number of nitrogens with two attached hydrogens (primary N) is 1. The van der Waals surface area contributed by atoms with Crippen molar-refractivity contribution in [2.75, 3.05) is 0 Å². The van der Waals surface area contributed by atoms with E-state index >= 15 is 0 Å². The van der Waals surface area contributed by atoms with Crippen LogP contribution in [0.3, 0.4) is 0 Å². The van der Waals surface area contributed by atoms with Crippen molar-refractivity contribution >= 4 is 16.7 Å². The van der Waals surface area contributed by atoms with Gasteiger partial charge in [0.05, 0.1) is 5.52 Å². The van der Waals surface area contributed by atoms with Crippen molar-refractivity contribution in [3.63, 3.8) is 0 Å². The fourth-order valence-corrected chi connectivity index (χ4v) is 2.35. The number of hydrogen-bond donors (Lipinski definition) is 2. The zero-order chi connectivity index (χ0) is 14.4. The summed E-state index contributed by atoms with van der Waals surface area (Å²) >= 11 is 0. The Hall–Kier alpha value is -1.90. The lowest BCUT2D eigenvalue weighted by atomic mass is 9.89. The number of rotatable bonds is 1. The summed E-state index contributed by atoms with van der Waals surface area (Å²) in [6, 6.07) is 6.12. The number of nitrogens with zero attached hydrogens (tertiary/aromatic N) is 1. The van der Waals surface area contributed by atoms with Crippen LogP contribution >= 0.6 is 0 Å². The van der Waals surface area contributed by atoms with Gasteiger partial charge in [-0.2, -0.15) is 0 Å². The van der Waals surface area contributed by atoms with Gasteiger partial charge in [-0.25, -0.2) is 0 Å². The fourth-order valence-electron chi connectivity index (χ4n) is 2.35. The maximum absolute atomic E-state index is 7.82. The van der Waals surface area contributed by atoms with Crippen LogP contribution in [0, 0.1) is 19.3 Å². The molecule has 0 bridgehead atoms. The molecule has 1 heterocycles. The summed E-state index contributed by atoms with van der Waals surface area (Å²) < 4.78 is 0. The number of benzene rings is 1. The van der Waals surface area contributed by atoms with Crippen molar-refractivity contribution < 1.29 is 0 Å². The van der Waals surface area contributed by atoms with E-state index in [2.05, 4.69) is 39.8 Å².